The van der Waals surface area contributed by atoms with Crippen LogP contribution in [0.25, 0.3) is 0 Å². The van der Waals surface area contributed by atoms with Gasteiger partial charge in [0.25, 0.3) is 0 Å². The largest absolute Gasteiger partial charge is 0.351 e. The molecule has 0 aliphatic carbocycles. The minimum atomic E-state index is -0.0579. The molecule has 1 rings (SSSR count). The van der Waals surface area contributed by atoms with Crippen LogP contribution in [0.4, 0.5) is 0 Å². The standard InChI is InChI=1S/C11H21N3O/c1-3-6-13-11(15)9(2)14-7-4-10(12)5-8-14/h3,9-10H,1,4-8,12H2,2H3,(H,13,15). The van der Waals surface area contributed by atoms with Crippen LogP contribution in [0.3, 0.4) is 0 Å². The topological polar surface area (TPSA) is 58.4 Å². The predicted molar refractivity (Wildman–Crippen MR) is 61.5 cm³/mol. The molecule has 0 aromatic rings. The Balaban J connectivity index is 2.35. The van der Waals surface area contributed by atoms with Crippen molar-refractivity contribution in [3.05, 3.63) is 12.7 Å². The molecule has 0 saturated carbocycles. The van der Waals surface area contributed by atoms with E-state index in [1.54, 1.807) is 6.08 Å². The highest BCUT2D eigenvalue weighted by atomic mass is 16.2. The Bertz CT molecular complexity index is 222. The van der Waals surface area contributed by atoms with E-state index in [4.69, 9.17) is 5.73 Å². The van der Waals surface area contributed by atoms with Gasteiger partial charge in [-0.1, -0.05) is 6.08 Å². The molecule has 1 unspecified atom stereocenters. The molecule has 3 N–H and O–H groups in total. The van der Waals surface area contributed by atoms with Crippen molar-refractivity contribution in [2.45, 2.75) is 31.8 Å². The smallest absolute Gasteiger partial charge is 0.237 e. The summed E-state index contributed by atoms with van der Waals surface area (Å²) < 4.78 is 0. The van der Waals surface area contributed by atoms with Gasteiger partial charge < -0.3 is 11.1 Å². The molecule has 4 heteroatoms. The normalized spacial score (nSPS) is 20.9. The van der Waals surface area contributed by atoms with Crippen LogP contribution in [-0.4, -0.2) is 42.5 Å². The Labute approximate surface area is 91.5 Å². The Morgan fingerprint density at radius 3 is 2.80 bits per heavy atom. The molecule has 1 fully saturated rings. The second kappa shape index (κ2) is 5.88. The summed E-state index contributed by atoms with van der Waals surface area (Å²) in [6.07, 6.45) is 3.66. The number of rotatable bonds is 4. The van der Waals surface area contributed by atoms with Crippen molar-refractivity contribution < 1.29 is 4.79 Å². The maximum Gasteiger partial charge on any atom is 0.237 e. The van der Waals surface area contributed by atoms with E-state index >= 15 is 0 Å². The molecule has 0 aromatic carbocycles. The van der Waals surface area contributed by atoms with Crippen LogP contribution in [0.2, 0.25) is 0 Å². The molecule has 15 heavy (non-hydrogen) atoms. The Hall–Kier alpha value is -0.870. The number of hydrogen-bond donors (Lipinski definition) is 2. The van der Waals surface area contributed by atoms with E-state index in [1.807, 2.05) is 6.92 Å². The third kappa shape index (κ3) is 3.64. The zero-order valence-electron chi connectivity index (χ0n) is 9.41. The van der Waals surface area contributed by atoms with E-state index in [-0.39, 0.29) is 11.9 Å². The summed E-state index contributed by atoms with van der Waals surface area (Å²) in [7, 11) is 0. The highest BCUT2D eigenvalue weighted by molar-refractivity contribution is 5.81. The number of carbonyl (C=O) groups is 1. The van der Waals surface area contributed by atoms with Crippen molar-refractivity contribution in [1.82, 2.24) is 10.2 Å². The van der Waals surface area contributed by atoms with Gasteiger partial charge in [0.2, 0.25) is 5.91 Å². The zero-order chi connectivity index (χ0) is 11.3. The fourth-order valence-corrected chi connectivity index (χ4v) is 1.79. The molecule has 0 bridgehead atoms. The lowest BCUT2D eigenvalue weighted by molar-refractivity contribution is -0.126. The molecule has 1 aliphatic rings. The maximum atomic E-state index is 11.7. The van der Waals surface area contributed by atoms with Gasteiger partial charge in [0.15, 0.2) is 0 Å². The third-order valence-electron chi connectivity index (χ3n) is 2.92. The zero-order valence-corrected chi connectivity index (χ0v) is 9.41. The maximum absolute atomic E-state index is 11.7. The highest BCUT2D eigenvalue weighted by Gasteiger charge is 2.24. The Morgan fingerprint density at radius 2 is 2.27 bits per heavy atom. The SMILES string of the molecule is C=CCNC(=O)C(C)N1CCC(N)CC1. The summed E-state index contributed by atoms with van der Waals surface area (Å²) in [5, 5.41) is 2.81. The molecular weight excluding hydrogens is 190 g/mol. The second-order valence-corrected chi connectivity index (χ2v) is 4.08. The van der Waals surface area contributed by atoms with Crippen molar-refractivity contribution in [2.75, 3.05) is 19.6 Å². The van der Waals surface area contributed by atoms with Gasteiger partial charge in [0.1, 0.15) is 0 Å². The number of hydrogen-bond acceptors (Lipinski definition) is 3. The van der Waals surface area contributed by atoms with Gasteiger partial charge in [-0.25, -0.2) is 0 Å². The molecule has 4 nitrogen and oxygen atoms in total. The van der Waals surface area contributed by atoms with Crippen LogP contribution in [0.1, 0.15) is 19.8 Å². The van der Waals surface area contributed by atoms with Crippen LogP contribution < -0.4 is 11.1 Å². The van der Waals surface area contributed by atoms with E-state index in [0.29, 0.717) is 12.6 Å². The lowest BCUT2D eigenvalue weighted by Gasteiger charge is -2.33. The first-order chi connectivity index (χ1) is 7.15. The molecule has 1 atom stereocenters. The van der Waals surface area contributed by atoms with Gasteiger partial charge in [0, 0.05) is 25.7 Å². The van der Waals surface area contributed by atoms with Crippen molar-refractivity contribution in [1.29, 1.82) is 0 Å². The van der Waals surface area contributed by atoms with E-state index in [9.17, 15) is 4.79 Å². The highest BCUT2D eigenvalue weighted by Crippen LogP contribution is 2.11. The summed E-state index contributed by atoms with van der Waals surface area (Å²) in [6, 6.07) is 0.252. The molecule has 86 valence electrons. The van der Waals surface area contributed by atoms with Gasteiger partial charge in [-0.3, -0.25) is 9.69 Å². The van der Waals surface area contributed by atoms with E-state index < -0.39 is 0 Å². The fourth-order valence-electron chi connectivity index (χ4n) is 1.79. The lowest BCUT2D eigenvalue weighted by Crippen LogP contribution is -2.50. The van der Waals surface area contributed by atoms with Crippen LogP contribution in [-0.2, 0) is 4.79 Å². The number of likely N-dealkylation sites (tertiary alicyclic amines) is 1. The monoisotopic (exact) mass is 211 g/mol. The van der Waals surface area contributed by atoms with Crippen LogP contribution in [0, 0.1) is 0 Å². The summed E-state index contributed by atoms with van der Waals surface area (Å²) in [5.74, 6) is 0.0744. The molecule has 1 aliphatic heterocycles. The van der Waals surface area contributed by atoms with Crippen molar-refractivity contribution in [3.63, 3.8) is 0 Å². The van der Waals surface area contributed by atoms with E-state index in [0.717, 1.165) is 25.9 Å². The first-order valence-corrected chi connectivity index (χ1v) is 5.53. The number of carbonyl (C=O) groups excluding carboxylic acids is 1. The average Bonchev–Trinajstić information content (AvgIpc) is 2.26. The van der Waals surface area contributed by atoms with Gasteiger partial charge >= 0.3 is 0 Å². The van der Waals surface area contributed by atoms with Crippen LogP contribution >= 0.6 is 0 Å². The minimum Gasteiger partial charge on any atom is -0.351 e. The first-order valence-electron chi connectivity index (χ1n) is 5.53. The van der Waals surface area contributed by atoms with Crippen LogP contribution in [0.15, 0.2) is 12.7 Å². The molecular formula is C11H21N3O. The molecule has 0 spiro atoms. The third-order valence-corrected chi connectivity index (χ3v) is 2.92. The molecule has 0 radical (unpaired) electrons. The quantitative estimate of drug-likeness (QED) is 0.648. The van der Waals surface area contributed by atoms with E-state index in [2.05, 4.69) is 16.8 Å². The number of nitrogens with zero attached hydrogens (tertiary/aromatic N) is 1. The first kappa shape index (κ1) is 12.2. The number of nitrogens with one attached hydrogen (secondary N) is 1. The summed E-state index contributed by atoms with van der Waals surface area (Å²) in [6.45, 7) is 7.89. The average molecular weight is 211 g/mol. The number of nitrogens with two attached hydrogens (primary N) is 1. The summed E-state index contributed by atoms with van der Waals surface area (Å²) in [4.78, 5) is 13.8. The molecule has 1 amide bonds. The lowest BCUT2D eigenvalue weighted by atomic mass is 10.0. The molecule has 0 aromatic heterocycles. The van der Waals surface area contributed by atoms with Crippen LogP contribution in [0.5, 0.6) is 0 Å². The van der Waals surface area contributed by atoms with Gasteiger partial charge in [-0.2, -0.15) is 0 Å². The van der Waals surface area contributed by atoms with Crippen molar-refractivity contribution >= 4 is 5.91 Å². The van der Waals surface area contributed by atoms with E-state index in [1.165, 1.54) is 0 Å². The Kier molecular flexibility index (Phi) is 4.78. The number of amides is 1. The predicted octanol–water partition coefficient (Wildman–Crippen LogP) is 0.100. The Morgan fingerprint density at radius 1 is 1.67 bits per heavy atom. The second-order valence-electron chi connectivity index (χ2n) is 4.08. The minimum absolute atomic E-state index is 0.0579. The summed E-state index contributed by atoms with van der Waals surface area (Å²) >= 11 is 0. The molecule has 1 saturated heterocycles. The number of piperidine rings is 1. The van der Waals surface area contributed by atoms with Gasteiger partial charge in [0.05, 0.1) is 6.04 Å². The molecule has 1 heterocycles. The van der Waals surface area contributed by atoms with Gasteiger partial charge in [-0.05, 0) is 19.8 Å². The fraction of sp³-hybridized carbons (Fsp3) is 0.727. The van der Waals surface area contributed by atoms with Gasteiger partial charge in [-0.15, -0.1) is 6.58 Å². The van der Waals surface area contributed by atoms with Crippen molar-refractivity contribution in [2.24, 2.45) is 5.73 Å². The van der Waals surface area contributed by atoms with Crippen molar-refractivity contribution in [3.8, 4) is 0 Å². The summed E-state index contributed by atoms with van der Waals surface area (Å²) in [5.41, 5.74) is 5.81.